The molecule has 6 heteroatoms. The van der Waals surface area contributed by atoms with Gasteiger partial charge >= 0.3 is 0 Å². The van der Waals surface area contributed by atoms with Gasteiger partial charge in [0, 0.05) is 43.3 Å². The molecule has 1 aliphatic heterocycles. The molecule has 0 saturated carbocycles. The Kier molecular flexibility index (Phi) is 6.38. The number of carbonyl (C=O) groups is 1. The number of hydrogen-bond acceptors (Lipinski definition) is 3. The Morgan fingerprint density at radius 2 is 1.79 bits per heavy atom. The molecule has 1 unspecified atom stereocenters. The van der Waals surface area contributed by atoms with E-state index in [2.05, 4.69) is 39.6 Å². The number of rotatable bonds is 7. The minimum absolute atomic E-state index is 0.0588. The van der Waals surface area contributed by atoms with E-state index in [9.17, 15) is 9.18 Å². The molecule has 0 spiro atoms. The molecule has 1 amide bonds. The van der Waals surface area contributed by atoms with Gasteiger partial charge in [-0.3, -0.25) is 9.48 Å². The van der Waals surface area contributed by atoms with E-state index < -0.39 is 0 Å². The monoisotopic (exact) mass is 454 g/mol. The molecule has 2 heterocycles. The van der Waals surface area contributed by atoms with E-state index in [-0.39, 0.29) is 11.7 Å². The summed E-state index contributed by atoms with van der Waals surface area (Å²) in [6.07, 6.45) is 4.71. The molecular formula is C28H27FN4O. The van der Waals surface area contributed by atoms with Crippen LogP contribution in [0.15, 0.2) is 91.3 Å². The standard InChI is InChI=1S/C28H27FN4O/c29-24-10-12-25(13-11-24)32-17-14-22(19-32)18-30-28(34)27-5-2-1-4-26(27)23-8-6-21(7-9-23)20-33-16-3-15-31-33/h1-13,15-16,22H,14,17-20H2,(H,30,34). The van der Waals surface area contributed by atoms with Crippen LogP contribution in [0, 0.1) is 11.7 Å². The average Bonchev–Trinajstić information content (AvgIpc) is 3.56. The lowest BCUT2D eigenvalue weighted by atomic mass is 9.98. The molecule has 3 aromatic carbocycles. The second-order valence-electron chi connectivity index (χ2n) is 8.73. The number of nitrogens with zero attached hydrogens (tertiary/aromatic N) is 3. The van der Waals surface area contributed by atoms with E-state index in [0.717, 1.165) is 41.9 Å². The number of nitrogens with one attached hydrogen (secondary N) is 1. The van der Waals surface area contributed by atoms with Gasteiger partial charge < -0.3 is 10.2 Å². The minimum atomic E-state index is -0.224. The van der Waals surface area contributed by atoms with Gasteiger partial charge in [-0.25, -0.2) is 4.39 Å². The molecular weight excluding hydrogens is 427 g/mol. The van der Waals surface area contributed by atoms with Crippen molar-refractivity contribution in [3.63, 3.8) is 0 Å². The van der Waals surface area contributed by atoms with Gasteiger partial charge in [0.2, 0.25) is 0 Å². The topological polar surface area (TPSA) is 50.2 Å². The van der Waals surface area contributed by atoms with Crippen molar-refractivity contribution in [1.29, 1.82) is 0 Å². The lowest BCUT2D eigenvalue weighted by molar-refractivity contribution is 0.0949. The van der Waals surface area contributed by atoms with Crippen LogP contribution in [0.25, 0.3) is 11.1 Å². The zero-order valence-electron chi connectivity index (χ0n) is 18.9. The fourth-order valence-corrected chi connectivity index (χ4v) is 4.52. The molecule has 0 bridgehead atoms. The molecule has 34 heavy (non-hydrogen) atoms. The number of halogens is 1. The number of anilines is 1. The first kappa shape index (κ1) is 21.9. The molecule has 0 aliphatic carbocycles. The summed E-state index contributed by atoms with van der Waals surface area (Å²) in [5.41, 5.74) is 4.79. The van der Waals surface area contributed by atoms with Crippen molar-refractivity contribution in [1.82, 2.24) is 15.1 Å². The van der Waals surface area contributed by atoms with E-state index >= 15 is 0 Å². The highest BCUT2D eigenvalue weighted by Crippen LogP contribution is 2.26. The molecule has 0 radical (unpaired) electrons. The maximum atomic E-state index is 13.2. The molecule has 5 nitrogen and oxygen atoms in total. The molecule has 1 N–H and O–H groups in total. The van der Waals surface area contributed by atoms with Gasteiger partial charge in [0.25, 0.3) is 5.91 Å². The van der Waals surface area contributed by atoms with Crippen LogP contribution in [0.1, 0.15) is 22.3 Å². The van der Waals surface area contributed by atoms with E-state index in [4.69, 9.17) is 0 Å². The van der Waals surface area contributed by atoms with Crippen molar-refractivity contribution in [2.75, 3.05) is 24.5 Å². The Bertz CT molecular complexity index is 1240. The lowest BCUT2D eigenvalue weighted by Crippen LogP contribution is -2.31. The van der Waals surface area contributed by atoms with Crippen LogP contribution in [-0.4, -0.2) is 35.3 Å². The van der Waals surface area contributed by atoms with Crippen LogP contribution in [0.5, 0.6) is 0 Å². The lowest BCUT2D eigenvalue weighted by Gasteiger charge is -2.19. The number of benzene rings is 3. The first-order chi connectivity index (χ1) is 16.7. The summed E-state index contributed by atoms with van der Waals surface area (Å²) >= 11 is 0. The highest BCUT2D eigenvalue weighted by molar-refractivity contribution is 6.00. The summed E-state index contributed by atoms with van der Waals surface area (Å²) in [5, 5.41) is 7.39. The predicted molar refractivity (Wildman–Crippen MR) is 132 cm³/mol. The summed E-state index contributed by atoms with van der Waals surface area (Å²) < 4.78 is 15.1. The van der Waals surface area contributed by atoms with Crippen molar-refractivity contribution in [2.24, 2.45) is 5.92 Å². The van der Waals surface area contributed by atoms with Crippen molar-refractivity contribution in [2.45, 2.75) is 13.0 Å². The number of hydrogen-bond donors (Lipinski definition) is 1. The number of aromatic nitrogens is 2. The van der Waals surface area contributed by atoms with Crippen LogP contribution < -0.4 is 10.2 Å². The molecule has 1 aromatic heterocycles. The highest BCUT2D eigenvalue weighted by atomic mass is 19.1. The summed E-state index contributed by atoms with van der Waals surface area (Å²) in [7, 11) is 0. The van der Waals surface area contributed by atoms with E-state index in [1.165, 1.54) is 12.1 Å². The van der Waals surface area contributed by atoms with Crippen molar-refractivity contribution < 1.29 is 9.18 Å². The minimum Gasteiger partial charge on any atom is -0.371 e. The largest absolute Gasteiger partial charge is 0.371 e. The quantitative estimate of drug-likeness (QED) is 0.428. The van der Waals surface area contributed by atoms with Gasteiger partial charge in [-0.2, -0.15) is 5.10 Å². The average molecular weight is 455 g/mol. The van der Waals surface area contributed by atoms with Gasteiger partial charge in [0.1, 0.15) is 5.82 Å². The third-order valence-electron chi connectivity index (χ3n) is 6.37. The second-order valence-corrected chi connectivity index (χ2v) is 8.73. The molecule has 1 saturated heterocycles. The van der Waals surface area contributed by atoms with E-state index in [1.54, 1.807) is 6.20 Å². The third-order valence-corrected chi connectivity index (χ3v) is 6.37. The Labute approximate surface area is 198 Å². The Morgan fingerprint density at radius 3 is 2.56 bits per heavy atom. The number of amides is 1. The van der Waals surface area contributed by atoms with Crippen molar-refractivity contribution >= 4 is 11.6 Å². The SMILES string of the molecule is O=C(NCC1CCN(c2ccc(F)cc2)C1)c1ccccc1-c1ccc(Cn2cccn2)cc1. The van der Waals surface area contributed by atoms with Crippen LogP contribution in [0.2, 0.25) is 0 Å². The smallest absolute Gasteiger partial charge is 0.251 e. The first-order valence-corrected chi connectivity index (χ1v) is 11.6. The van der Waals surface area contributed by atoms with Gasteiger partial charge in [0.15, 0.2) is 0 Å². The Hall–Kier alpha value is -3.93. The van der Waals surface area contributed by atoms with Crippen LogP contribution in [0.4, 0.5) is 10.1 Å². The zero-order chi connectivity index (χ0) is 23.3. The summed E-state index contributed by atoms with van der Waals surface area (Å²) in [5.74, 6) is 0.0807. The van der Waals surface area contributed by atoms with Crippen molar-refractivity contribution in [3.8, 4) is 11.1 Å². The van der Waals surface area contributed by atoms with Crippen LogP contribution >= 0.6 is 0 Å². The Morgan fingerprint density at radius 1 is 1.00 bits per heavy atom. The predicted octanol–water partition coefficient (Wildman–Crippen LogP) is 4.99. The molecule has 4 aromatic rings. The fraction of sp³-hybridized carbons (Fsp3) is 0.214. The highest BCUT2D eigenvalue weighted by Gasteiger charge is 2.23. The normalized spacial score (nSPS) is 15.4. The fourth-order valence-electron chi connectivity index (χ4n) is 4.52. The molecule has 1 atom stereocenters. The molecule has 5 rings (SSSR count). The summed E-state index contributed by atoms with van der Waals surface area (Å²) in [6.45, 7) is 3.10. The summed E-state index contributed by atoms with van der Waals surface area (Å²) in [4.78, 5) is 15.3. The second kappa shape index (κ2) is 9.91. The van der Waals surface area contributed by atoms with Crippen LogP contribution in [-0.2, 0) is 6.54 Å². The number of carbonyl (C=O) groups excluding carboxylic acids is 1. The van der Waals surface area contributed by atoms with Crippen molar-refractivity contribution in [3.05, 3.63) is 108 Å². The maximum Gasteiger partial charge on any atom is 0.251 e. The van der Waals surface area contributed by atoms with Gasteiger partial charge in [-0.15, -0.1) is 0 Å². The zero-order valence-corrected chi connectivity index (χ0v) is 18.9. The molecule has 1 aliphatic rings. The van der Waals surface area contributed by atoms with Crippen LogP contribution in [0.3, 0.4) is 0 Å². The first-order valence-electron chi connectivity index (χ1n) is 11.6. The maximum absolute atomic E-state index is 13.2. The third kappa shape index (κ3) is 5.01. The molecule has 172 valence electrons. The van der Waals surface area contributed by atoms with Gasteiger partial charge in [0.05, 0.1) is 6.54 Å². The van der Waals surface area contributed by atoms with E-state index in [0.29, 0.717) is 24.6 Å². The Balaban J connectivity index is 1.22. The van der Waals surface area contributed by atoms with E-state index in [1.807, 2.05) is 53.3 Å². The molecule has 1 fully saturated rings. The van der Waals surface area contributed by atoms with Gasteiger partial charge in [-0.05, 0) is 65.4 Å². The van der Waals surface area contributed by atoms with Gasteiger partial charge in [-0.1, -0.05) is 42.5 Å². The summed E-state index contributed by atoms with van der Waals surface area (Å²) in [6, 6.07) is 24.5.